The van der Waals surface area contributed by atoms with Gasteiger partial charge in [0.1, 0.15) is 0 Å². The second-order valence-electron chi connectivity index (χ2n) is 3.89. The first kappa shape index (κ1) is 14.2. The van der Waals surface area contributed by atoms with Crippen molar-refractivity contribution in [3.05, 3.63) is 29.8 Å². The highest BCUT2D eigenvalue weighted by atomic mass is 35.5. The summed E-state index contributed by atoms with van der Waals surface area (Å²) in [6, 6.07) is 7.66. The summed E-state index contributed by atoms with van der Waals surface area (Å²) in [6.45, 7) is 1.28. The van der Waals surface area contributed by atoms with E-state index < -0.39 is 7.67 Å². The standard InChI is InChI=1S/C11H15Cl2N2O2P/c12-5-7-15(8-6-13)18(16)14-11-4-2-1-3-10(11)9-17-18/h1-4H,5-9H2,(H,14,16). The van der Waals surface area contributed by atoms with Crippen molar-refractivity contribution in [1.82, 2.24) is 4.67 Å². The predicted octanol–water partition coefficient (Wildman–Crippen LogP) is 3.52. The molecule has 18 heavy (non-hydrogen) atoms. The van der Waals surface area contributed by atoms with E-state index in [-0.39, 0.29) is 0 Å². The van der Waals surface area contributed by atoms with Gasteiger partial charge in [0.15, 0.2) is 0 Å². The number of halogens is 2. The quantitative estimate of drug-likeness (QED) is 0.667. The molecule has 0 saturated carbocycles. The Kier molecular flexibility index (Phi) is 4.93. The third-order valence-corrected chi connectivity index (χ3v) is 5.22. The number of hydrogen-bond acceptors (Lipinski definition) is 2. The van der Waals surface area contributed by atoms with Crippen LogP contribution in [0.15, 0.2) is 24.3 Å². The van der Waals surface area contributed by atoms with Gasteiger partial charge < -0.3 is 5.09 Å². The van der Waals surface area contributed by atoms with Crippen molar-refractivity contribution >= 4 is 36.6 Å². The maximum absolute atomic E-state index is 12.8. The van der Waals surface area contributed by atoms with Crippen LogP contribution in [0.4, 0.5) is 5.69 Å². The smallest absolute Gasteiger partial charge is 0.303 e. The zero-order valence-corrected chi connectivity index (χ0v) is 12.2. The molecule has 1 aliphatic heterocycles. The van der Waals surface area contributed by atoms with Gasteiger partial charge in [0, 0.05) is 36.1 Å². The van der Waals surface area contributed by atoms with Gasteiger partial charge in [0.25, 0.3) is 0 Å². The summed E-state index contributed by atoms with van der Waals surface area (Å²) < 4.78 is 19.9. The SMILES string of the molecule is O=P1(N(CCCl)CCCl)Nc2ccccc2CO1. The summed E-state index contributed by atoms with van der Waals surface area (Å²) in [5.41, 5.74) is 1.85. The molecule has 0 amide bonds. The van der Waals surface area contributed by atoms with E-state index in [4.69, 9.17) is 27.7 Å². The molecule has 1 aromatic carbocycles. The molecule has 0 aromatic heterocycles. The Balaban J connectivity index is 2.20. The minimum Gasteiger partial charge on any atom is -0.303 e. The van der Waals surface area contributed by atoms with Crippen molar-refractivity contribution in [3.63, 3.8) is 0 Å². The molecule has 0 radical (unpaired) electrons. The number of rotatable bonds is 5. The number of hydrogen-bond donors (Lipinski definition) is 1. The van der Waals surface area contributed by atoms with Crippen molar-refractivity contribution in [1.29, 1.82) is 0 Å². The zero-order chi connectivity index (χ0) is 13.0. The largest absolute Gasteiger partial charge is 0.369 e. The Bertz CT molecular complexity index is 452. The van der Waals surface area contributed by atoms with Gasteiger partial charge in [0.2, 0.25) is 0 Å². The number of benzene rings is 1. The number of alkyl halides is 2. The number of nitrogens with zero attached hydrogens (tertiary/aromatic N) is 1. The minimum atomic E-state index is -3.07. The monoisotopic (exact) mass is 308 g/mol. The van der Waals surface area contributed by atoms with Gasteiger partial charge in [-0.1, -0.05) is 18.2 Å². The summed E-state index contributed by atoms with van der Waals surface area (Å²) in [5.74, 6) is 0.765. The van der Waals surface area contributed by atoms with Crippen LogP contribution in [0.2, 0.25) is 0 Å². The maximum atomic E-state index is 12.8. The fourth-order valence-electron chi connectivity index (χ4n) is 1.82. The van der Waals surface area contributed by atoms with E-state index in [1.54, 1.807) is 4.67 Å². The van der Waals surface area contributed by atoms with Gasteiger partial charge >= 0.3 is 7.67 Å². The average molecular weight is 309 g/mol. The van der Waals surface area contributed by atoms with Crippen molar-refractivity contribution in [2.75, 3.05) is 29.9 Å². The van der Waals surface area contributed by atoms with Gasteiger partial charge in [-0.25, -0.2) is 9.24 Å². The van der Waals surface area contributed by atoms with E-state index in [0.717, 1.165) is 11.3 Å². The molecule has 1 aliphatic rings. The van der Waals surface area contributed by atoms with Gasteiger partial charge in [-0.3, -0.25) is 4.52 Å². The summed E-state index contributed by atoms with van der Waals surface area (Å²) in [6.07, 6.45) is 0. The van der Waals surface area contributed by atoms with Gasteiger partial charge in [-0.15, -0.1) is 23.2 Å². The van der Waals surface area contributed by atoms with Crippen molar-refractivity contribution in [2.45, 2.75) is 6.61 Å². The first-order valence-electron chi connectivity index (χ1n) is 5.68. The predicted molar refractivity (Wildman–Crippen MR) is 75.5 cm³/mol. The van der Waals surface area contributed by atoms with Crippen LogP contribution >= 0.6 is 30.9 Å². The number of fused-ring (bicyclic) bond motifs is 1. The molecule has 100 valence electrons. The van der Waals surface area contributed by atoms with E-state index >= 15 is 0 Å². The summed E-state index contributed by atoms with van der Waals surface area (Å²) in [7, 11) is -3.07. The van der Waals surface area contributed by atoms with Crippen LogP contribution in [0.5, 0.6) is 0 Å². The normalized spacial score (nSPS) is 22.6. The van der Waals surface area contributed by atoms with Crippen LogP contribution in [0.25, 0.3) is 0 Å². The van der Waals surface area contributed by atoms with Crippen LogP contribution < -0.4 is 5.09 Å². The van der Waals surface area contributed by atoms with E-state index in [1.165, 1.54) is 0 Å². The highest BCUT2D eigenvalue weighted by Crippen LogP contribution is 2.54. The highest BCUT2D eigenvalue weighted by Gasteiger charge is 2.35. The van der Waals surface area contributed by atoms with E-state index in [2.05, 4.69) is 5.09 Å². The van der Waals surface area contributed by atoms with Crippen LogP contribution in [0, 0.1) is 0 Å². The number of anilines is 1. The molecule has 4 nitrogen and oxygen atoms in total. The topological polar surface area (TPSA) is 41.6 Å². The molecule has 1 atom stereocenters. The van der Waals surface area contributed by atoms with E-state index in [1.807, 2.05) is 24.3 Å². The lowest BCUT2D eigenvalue weighted by molar-refractivity contribution is 0.256. The lowest BCUT2D eigenvalue weighted by Crippen LogP contribution is -2.30. The molecule has 1 N–H and O–H groups in total. The van der Waals surface area contributed by atoms with Crippen molar-refractivity contribution in [2.24, 2.45) is 0 Å². The molecule has 0 spiro atoms. The summed E-state index contributed by atoms with van der Waals surface area (Å²) in [4.78, 5) is 0. The molecule has 1 unspecified atom stereocenters. The fraction of sp³-hybridized carbons (Fsp3) is 0.455. The summed E-state index contributed by atoms with van der Waals surface area (Å²) in [5, 5.41) is 2.99. The van der Waals surface area contributed by atoms with Crippen molar-refractivity contribution in [3.8, 4) is 0 Å². The Morgan fingerprint density at radius 3 is 2.61 bits per heavy atom. The highest BCUT2D eigenvalue weighted by molar-refractivity contribution is 7.58. The molecular weight excluding hydrogens is 294 g/mol. The third kappa shape index (κ3) is 3.01. The molecule has 2 rings (SSSR count). The van der Waals surface area contributed by atoms with Crippen LogP contribution in [-0.4, -0.2) is 29.5 Å². The zero-order valence-electron chi connectivity index (χ0n) is 9.81. The summed E-state index contributed by atoms with van der Waals surface area (Å²) >= 11 is 11.4. The van der Waals surface area contributed by atoms with Gasteiger partial charge in [-0.2, -0.15) is 0 Å². The Hall–Kier alpha value is -0.250. The molecule has 0 fully saturated rings. The lowest BCUT2D eigenvalue weighted by Gasteiger charge is -2.34. The van der Waals surface area contributed by atoms with Gasteiger partial charge in [-0.05, 0) is 6.07 Å². The second kappa shape index (κ2) is 6.27. The van der Waals surface area contributed by atoms with Crippen LogP contribution in [0.3, 0.4) is 0 Å². The van der Waals surface area contributed by atoms with Gasteiger partial charge in [0.05, 0.1) is 6.61 Å². The molecular formula is C11H15Cl2N2O2P. The number of nitrogens with one attached hydrogen (secondary N) is 1. The van der Waals surface area contributed by atoms with E-state index in [0.29, 0.717) is 31.5 Å². The third-order valence-electron chi connectivity index (χ3n) is 2.73. The number of para-hydroxylation sites is 1. The molecule has 0 bridgehead atoms. The Morgan fingerprint density at radius 1 is 1.28 bits per heavy atom. The minimum absolute atomic E-state index is 0.335. The van der Waals surface area contributed by atoms with Crippen LogP contribution in [0.1, 0.15) is 5.56 Å². The lowest BCUT2D eigenvalue weighted by atomic mass is 10.2. The first-order valence-corrected chi connectivity index (χ1v) is 8.32. The Labute approximate surface area is 117 Å². The van der Waals surface area contributed by atoms with E-state index in [9.17, 15) is 4.57 Å². The fourth-order valence-corrected chi connectivity index (χ4v) is 4.40. The first-order chi connectivity index (χ1) is 8.69. The molecule has 1 heterocycles. The average Bonchev–Trinajstić information content (AvgIpc) is 2.38. The molecule has 1 aromatic rings. The second-order valence-corrected chi connectivity index (χ2v) is 6.74. The maximum Gasteiger partial charge on any atom is 0.369 e. The molecule has 0 saturated heterocycles. The van der Waals surface area contributed by atoms with Crippen LogP contribution in [-0.2, 0) is 15.7 Å². The Morgan fingerprint density at radius 2 is 1.94 bits per heavy atom. The molecule has 7 heteroatoms. The molecule has 0 aliphatic carbocycles. The van der Waals surface area contributed by atoms with Crippen molar-refractivity contribution < 1.29 is 9.09 Å².